The van der Waals surface area contributed by atoms with Crippen molar-refractivity contribution in [2.75, 3.05) is 13.1 Å². The van der Waals surface area contributed by atoms with Crippen LogP contribution in [0.1, 0.15) is 35.7 Å². The van der Waals surface area contributed by atoms with Gasteiger partial charge in [0.1, 0.15) is 6.20 Å². The fourth-order valence-electron chi connectivity index (χ4n) is 2.08. The van der Waals surface area contributed by atoms with Gasteiger partial charge >= 0.3 is 27.9 Å². The Morgan fingerprint density at radius 1 is 1.54 bits per heavy atom. The molecule has 0 bridgehead atoms. The number of hydrogen-bond acceptors (Lipinski definition) is 7. The summed E-state index contributed by atoms with van der Waals surface area (Å²) in [5.74, 6) is -2.64. The Labute approximate surface area is 138 Å². The van der Waals surface area contributed by atoms with E-state index in [1.165, 1.54) is 6.07 Å². The van der Waals surface area contributed by atoms with Crippen LogP contribution in [0.3, 0.4) is 0 Å². The van der Waals surface area contributed by atoms with Crippen LogP contribution in [0.4, 0.5) is 0 Å². The number of hydrogen-bond donors (Lipinski definition) is 3. The van der Waals surface area contributed by atoms with E-state index in [1.54, 1.807) is 6.92 Å². The number of aromatic nitrogens is 2. The van der Waals surface area contributed by atoms with E-state index in [0.29, 0.717) is 17.0 Å². The number of nitrogens with zero attached hydrogens (tertiary/aromatic N) is 2. The summed E-state index contributed by atoms with van der Waals surface area (Å²) in [6.45, 7) is 2.53. The highest BCUT2D eigenvalue weighted by Crippen LogP contribution is 2.14. The van der Waals surface area contributed by atoms with Crippen molar-refractivity contribution in [1.29, 1.82) is 0 Å². The van der Waals surface area contributed by atoms with Crippen LogP contribution in [-0.4, -0.2) is 42.7 Å². The van der Waals surface area contributed by atoms with Crippen molar-refractivity contribution in [3.05, 3.63) is 35.9 Å². The number of likely N-dealkylation sites (N-methyl/N-ethyl adjacent to an activating group) is 1. The maximum Gasteiger partial charge on any atom is 0.482 e. The minimum Gasteiger partial charge on any atom is -0.349 e. The molecule has 1 unspecified atom stereocenters. The highest BCUT2D eigenvalue weighted by molar-refractivity contribution is 7.80. The Kier molecular flexibility index (Phi) is 5.59. The molecule has 0 aromatic carbocycles. The van der Waals surface area contributed by atoms with Gasteiger partial charge in [0.2, 0.25) is 0 Å². The number of carbonyl (C=O) groups excluding carboxylic acids is 2. The molecule has 1 aromatic heterocycles. The van der Waals surface area contributed by atoms with Crippen LogP contribution in [0.25, 0.3) is 0 Å². The molecule has 3 N–H and O–H groups in total. The average Bonchev–Trinajstić information content (AvgIpc) is 2.54. The van der Waals surface area contributed by atoms with E-state index < -0.39 is 27.9 Å². The van der Waals surface area contributed by atoms with E-state index in [-0.39, 0.29) is 12.6 Å². The second-order valence-corrected chi connectivity index (χ2v) is 5.85. The highest BCUT2D eigenvalue weighted by atomic mass is 32.3. The largest absolute Gasteiger partial charge is 0.482 e. The Morgan fingerprint density at radius 2 is 2.29 bits per heavy atom. The summed E-state index contributed by atoms with van der Waals surface area (Å²) in [6.07, 6.45) is 5.70. The third-order valence-electron chi connectivity index (χ3n) is 3.07. The van der Waals surface area contributed by atoms with Gasteiger partial charge in [-0.2, -0.15) is 12.7 Å². The number of rotatable bonds is 6. The normalized spacial score (nSPS) is 17.3. The fraction of sp³-hybridized carbons (Fsp3) is 0.385. The van der Waals surface area contributed by atoms with Crippen LogP contribution >= 0.6 is 0 Å². The van der Waals surface area contributed by atoms with Crippen molar-refractivity contribution in [2.24, 2.45) is 0 Å². The first-order chi connectivity index (χ1) is 11.3. The first-order valence-electron chi connectivity index (χ1n) is 7.14. The minimum atomic E-state index is -4.90. The molecule has 1 atom stereocenters. The van der Waals surface area contributed by atoms with Gasteiger partial charge in [-0.1, -0.05) is 12.2 Å². The van der Waals surface area contributed by atoms with E-state index in [0.717, 1.165) is 12.6 Å². The lowest BCUT2D eigenvalue weighted by Crippen LogP contribution is -2.53. The molecule has 0 saturated carbocycles. The molecule has 0 fully saturated rings. The van der Waals surface area contributed by atoms with E-state index in [2.05, 4.69) is 19.9 Å². The smallest absolute Gasteiger partial charge is 0.349 e. The van der Waals surface area contributed by atoms with Crippen molar-refractivity contribution < 1.29 is 31.6 Å². The molecule has 1 aliphatic rings. The van der Waals surface area contributed by atoms with E-state index in [9.17, 15) is 18.0 Å². The summed E-state index contributed by atoms with van der Waals surface area (Å²) in [7, 11) is -4.90. The van der Waals surface area contributed by atoms with Gasteiger partial charge in [-0.25, -0.2) is 0 Å². The molecular formula is C13H17N4O6S+. The van der Waals surface area contributed by atoms with E-state index in [4.69, 9.17) is 4.55 Å². The van der Waals surface area contributed by atoms with E-state index in [1.807, 2.05) is 12.2 Å². The van der Waals surface area contributed by atoms with Crippen LogP contribution in [0.5, 0.6) is 0 Å². The van der Waals surface area contributed by atoms with Crippen molar-refractivity contribution >= 4 is 22.1 Å². The zero-order valence-corrected chi connectivity index (χ0v) is 13.6. The Bertz CT molecular complexity index is 777. The van der Waals surface area contributed by atoms with Gasteiger partial charge in [-0.3, -0.25) is 14.1 Å². The summed E-state index contributed by atoms with van der Waals surface area (Å²) in [5.41, 5.74) is 0.397. The van der Waals surface area contributed by atoms with Crippen molar-refractivity contribution in [2.45, 2.75) is 19.4 Å². The molecule has 24 heavy (non-hydrogen) atoms. The summed E-state index contributed by atoms with van der Waals surface area (Å²) < 4.78 is 35.3. The second-order valence-electron chi connectivity index (χ2n) is 4.84. The van der Waals surface area contributed by atoms with Crippen LogP contribution in [0.2, 0.25) is 0 Å². The molecule has 1 aliphatic heterocycles. The predicted molar refractivity (Wildman–Crippen MR) is 80.1 cm³/mol. The Balaban J connectivity index is 2.44. The summed E-state index contributed by atoms with van der Waals surface area (Å²) in [6, 6.07) is 1.12. The topological polar surface area (TPSA) is 139 Å². The molecule has 130 valence electrons. The Morgan fingerprint density at radius 3 is 2.88 bits per heavy atom. The standard InChI is InChI=1S/C13H16N4O6S/c1-2-14-13(19)11(18)12-16-10(9-5-3-4-7-15-9)6-8-17(12)23-24(20,21)22/h3,5-6,8-9,15H,2,4,7H2,1H3,(H-,14,19,20,21,22)/p+1. The quantitative estimate of drug-likeness (QED) is 0.184. The first kappa shape index (κ1) is 18.0. The van der Waals surface area contributed by atoms with Crippen LogP contribution in [-0.2, 0) is 15.2 Å². The van der Waals surface area contributed by atoms with Crippen molar-refractivity contribution in [1.82, 2.24) is 15.6 Å². The van der Waals surface area contributed by atoms with Crippen LogP contribution < -0.4 is 19.6 Å². The molecule has 1 aromatic rings. The van der Waals surface area contributed by atoms with Gasteiger partial charge in [0.15, 0.2) is 5.69 Å². The van der Waals surface area contributed by atoms with E-state index >= 15 is 0 Å². The van der Waals surface area contributed by atoms with Crippen molar-refractivity contribution in [3.8, 4) is 0 Å². The third-order valence-corrected chi connectivity index (χ3v) is 3.42. The molecule has 0 saturated heterocycles. The highest BCUT2D eigenvalue weighted by Gasteiger charge is 2.34. The molecule has 10 nitrogen and oxygen atoms in total. The molecule has 11 heteroatoms. The average molecular weight is 357 g/mol. The van der Waals surface area contributed by atoms with Gasteiger partial charge in [0.05, 0.1) is 6.04 Å². The summed E-state index contributed by atoms with van der Waals surface area (Å²) in [5, 5.41) is 5.44. The maximum atomic E-state index is 12.2. The fourth-order valence-corrected chi connectivity index (χ4v) is 2.40. The molecule has 0 aliphatic carbocycles. The van der Waals surface area contributed by atoms with Gasteiger partial charge in [-0.05, 0) is 29.6 Å². The molecule has 0 radical (unpaired) electrons. The lowest BCUT2D eigenvalue weighted by Gasteiger charge is -2.15. The first-order valence-corrected chi connectivity index (χ1v) is 8.51. The number of nitrogens with one attached hydrogen (secondary N) is 2. The van der Waals surface area contributed by atoms with Gasteiger partial charge in [-0.15, -0.1) is 0 Å². The lowest BCUT2D eigenvalue weighted by molar-refractivity contribution is -0.860. The summed E-state index contributed by atoms with van der Waals surface area (Å²) in [4.78, 5) is 27.9. The lowest BCUT2D eigenvalue weighted by atomic mass is 10.1. The van der Waals surface area contributed by atoms with Gasteiger partial charge < -0.3 is 10.6 Å². The number of carbonyl (C=O) groups is 2. The predicted octanol–water partition coefficient (Wildman–Crippen LogP) is -1.49. The van der Waals surface area contributed by atoms with Crippen LogP contribution in [0, 0.1) is 0 Å². The summed E-state index contributed by atoms with van der Waals surface area (Å²) >= 11 is 0. The van der Waals surface area contributed by atoms with Crippen LogP contribution in [0.15, 0.2) is 24.4 Å². The molecule has 0 spiro atoms. The third kappa shape index (κ3) is 4.57. The SMILES string of the molecule is CCNC(=O)C(=O)c1nc(C2C=CCCN2)cc[n+]1OS(=O)(=O)O. The molecular weight excluding hydrogens is 340 g/mol. The maximum absolute atomic E-state index is 12.2. The monoisotopic (exact) mass is 357 g/mol. The zero-order chi connectivity index (χ0) is 17.7. The zero-order valence-electron chi connectivity index (χ0n) is 12.8. The number of ketones is 1. The molecule has 1 amide bonds. The second kappa shape index (κ2) is 7.47. The molecule has 2 heterocycles. The number of Topliss-reactive ketones (excluding diaryl/α,β-unsaturated/α-hetero) is 1. The molecule has 2 rings (SSSR count). The minimum absolute atomic E-state index is 0.205. The van der Waals surface area contributed by atoms with Gasteiger partial charge in [0, 0.05) is 12.6 Å². The van der Waals surface area contributed by atoms with Gasteiger partial charge in [0.25, 0.3) is 0 Å². The number of amides is 1. The van der Waals surface area contributed by atoms with Crippen molar-refractivity contribution in [3.63, 3.8) is 0 Å². The Hall–Kier alpha value is -2.37.